The SMILES string of the molecule is COC1=CC=C([C@@H](C)N(Cc2ccc(OC)cc2)c2nc(Br)c(I)cc2F)C1. The number of pyridine rings is 1. The van der Waals surface area contributed by atoms with Gasteiger partial charge in [0.25, 0.3) is 0 Å². The van der Waals surface area contributed by atoms with E-state index >= 15 is 0 Å². The van der Waals surface area contributed by atoms with Crippen molar-refractivity contribution in [2.75, 3.05) is 19.1 Å². The normalized spacial score (nSPS) is 14.4. The van der Waals surface area contributed by atoms with Crippen LogP contribution in [0.4, 0.5) is 10.2 Å². The van der Waals surface area contributed by atoms with Crippen LogP contribution in [0, 0.1) is 9.39 Å². The zero-order valence-corrected chi connectivity index (χ0v) is 19.6. The second-order valence-corrected chi connectivity index (χ2v) is 8.39. The number of aromatic nitrogens is 1. The predicted molar refractivity (Wildman–Crippen MR) is 121 cm³/mol. The molecule has 1 atom stereocenters. The average molecular weight is 559 g/mol. The van der Waals surface area contributed by atoms with Crippen LogP contribution in [0.3, 0.4) is 0 Å². The van der Waals surface area contributed by atoms with Crippen molar-refractivity contribution in [2.45, 2.75) is 25.9 Å². The Bertz CT molecular complexity index is 915. The number of halogens is 3. The highest BCUT2D eigenvalue weighted by Gasteiger charge is 2.26. The summed E-state index contributed by atoms with van der Waals surface area (Å²) < 4.78 is 26.8. The van der Waals surface area contributed by atoms with Crippen molar-refractivity contribution in [3.63, 3.8) is 0 Å². The summed E-state index contributed by atoms with van der Waals surface area (Å²) in [5, 5.41) is 0. The predicted octanol–water partition coefficient (Wildman–Crippen LogP) is 5.85. The Morgan fingerprint density at radius 3 is 2.54 bits per heavy atom. The lowest BCUT2D eigenvalue weighted by molar-refractivity contribution is 0.284. The Hall–Kier alpha value is -1.61. The maximum Gasteiger partial charge on any atom is 0.166 e. The van der Waals surface area contributed by atoms with Crippen LogP contribution in [-0.4, -0.2) is 25.2 Å². The molecule has 0 fully saturated rings. The molecular formula is C21H21BrFIN2O2. The molecule has 1 aliphatic carbocycles. The van der Waals surface area contributed by atoms with Gasteiger partial charge in [-0.3, -0.25) is 0 Å². The Labute approximate surface area is 186 Å². The van der Waals surface area contributed by atoms with Crippen LogP contribution >= 0.6 is 38.5 Å². The summed E-state index contributed by atoms with van der Waals surface area (Å²) in [6.07, 6.45) is 4.72. The fraction of sp³-hybridized carbons (Fsp3) is 0.286. The van der Waals surface area contributed by atoms with Crippen molar-refractivity contribution in [2.24, 2.45) is 0 Å². The van der Waals surface area contributed by atoms with E-state index in [1.54, 1.807) is 14.2 Å². The Morgan fingerprint density at radius 2 is 1.93 bits per heavy atom. The van der Waals surface area contributed by atoms with Gasteiger partial charge in [0.15, 0.2) is 11.6 Å². The van der Waals surface area contributed by atoms with Gasteiger partial charge in [-0.2, -0.15) is 0 Å². The quantitative estimate of drug-likeness (QED) is 0.315. The molecule has 3 rings (SSSR count). The molecule has 1 aromatic carbocycles. The Morgan fingerprint density at radius 1 is 1.21 bits per heavy atom. The van der Waals surface area contributed by atoms with Crippen molar-refractivity contribution in [1.82, 2.24) is 4.98 Å². The first-order valence-corrected chi connectivity index (χ1v) is 10.6. The van der Waals surface area contributed by atoms with Gasteiger partial charge in [-0.1, -0.05) is 18.2 Å². The van der Waals surface area contributed by atoms with Gasteiger partial charge in [0, 0.05) is 16.5 Å². The molecule has 0 saturated carbocycles. The molecule has 1 heterocycles. The number of rotatable bonds is 7. The summed E-state index contributed by atoms with van der Waals surface area (Å²) in [6.45, 7) is 2.58. The molecule has 0 unspecified atom stereocenters. The zero-order chi connectivity index (χ0) is 20.3. The molecule has 0 bridgehead atoms. The van der Waals surface area contributed by atoms with Crippen molar-refractivity contribution in [3.8, 4) is 5.75 Å². The smallest absolute Gasteiger partial charge is 0.166 e. The lowest BCUT2D eigenvalue weighted by atomic mass is 10.0. The van der Waals surface area contributed by atoms with E-state index in [9.17, 15) is 4.39 Å². The molecule has 148 valence electrons. The lowest BCUT2D eigenvalue weighted by Crippen LogP contribution is -2.35. The van der Waals surface area contributed by atoms with Crippen LogP contribution in [0.15, 0.2) is 58.4 Å². The van der Waals surface area contributed by atoms with E-state index in [0.29, 0.717) is 23.4 Å². The topological polar surface area (TPSA) is 34.6 Å². The zero-order valence-electron chi connectivity index (χ0n) is 15.9. The van der Waals surface area contributed by atoms with E-state index in [4.69, 9.17) is 9.47 Å². The molecule has 1 aromatic heterocycles. The highest BCUT2D eigenvalue weighted by atomic mass is 127. The third-order valence-electron chi connectivity index (χ3n) is 4.78. The second kappa shape index (κ2) is 9.26. The first-order valence-electron chi connectivity index (χ1n) is 8.77. The van der Waals surface area contributed by atoms with Crippen molar-refractivity contribution in [1.29, 1.82) is 0 Å². The molecular weight excluding hydrogens is 538 g/mol. The van der Waals surface area contributed by atoms with Crippen LogP contribution in [0.5, 0.6) is 5.75 Å². The molecule has 0 saturated heterocycles. The highest BCUT2D eigenvalue weighted by Crippen LogP contribution is 2.32. The maximum absolute atomic E-state index is 14.9. The summed E-state index contributed by atoms with van der Waals surface area (Å²) >= 11 is 5.50. The van der Waals surface area contributed by atoms with Crippen molar-refractivity contribution < 1.29 is 13.9 Å². The summed E-state index contributed by atoms with van der Waals surface area (Å²) in [4.78, 5) is 6.48. The molecule has 0 amide bonds. The minimum Gasteiger partial charge on any atom is -0.501 e. The number of ether oxygens (including phenoxy) is 2. The molecule has 0 radical (unpaired) electrons. The number of nitrogens with zero attached hydrogens (tertiary/aromatic N) is 2. The number of benzene rings is 1. The molecule has 0 aliphatic heterocycles. The highest BCUT2D eigenvalue weighted by molar-refractivity contribution is 14.1. The fourth-order valence-electron chi connectivity index (χ4n) is 3.11. The van der Waals surface area contributed by atoms with Crippen LogP contribution in [0.2, 0.25) is 0 Å². The molecule has 0 N–H and O–H groups in total. The molecule has 0 spiro atoms. The second-order valence-electron chi connectivity index (χ2n) is 6.47. The molecule has 2 aromatic rings. The monoisotopic (exact) mass is 558 g/mol. The number of hydrogen-bond acceptors (Lipinski definition) is 4. The van der Waals surface area contributed by atoms with Gasteiger partial charge in [0.2, 0.25) is 0 Å². The summed E-state index contributed by atoms with van der Waals surface area (Å²) in [5.74, 6) is 1.68. The van der Waals surface area contributed by atoms with E-state index in [-0.39, 0.29) is 11.9 Å². The number of anilines is 1. The van der Waals surface area contributed by atoms with Gasteiger partial charge < -0.3 is 14.4 Å². The van der Waals surface area contributed by atoms with E-state index in [1.807, 2.05) is 41.3 Å². The minimum atomic E-state index is -0.341. The number of allylic oxidation sites excluding steroid dienone is 3. The lowest BCUT2D eigenvalue weighted by Gasteiger charge is -2.32. The van der Waals surface area contributed by atoms with E-state index in [0.717, 1.165) is 26.2 Å². The van der Waals surface area contributed by atoms with E-state index in [2.05, 4.69) is 50.4 Å². The number of methoxy groups -OCH3 is 2. The third kappa shape index (κ3) is 4.68. The fourth-order valence-corrected chi connectivity index (χ4v) is 3.78. The first-order chi connectivity index (χ1) is 13.4. The molecule has 4 nitrogen and oxygen atoms in total. The van der Waals surface area contributed by atoms with Crippen molar-refractivity contribution in [3.05, 3.63) is 73.4 Å². The van der Waals surface area contributed by atoms with Gasteiger partial charge in [-0.25, -0.2) is 9.37 Å². The van der Waals surface area contributed by atoms with Gasteiger partial charge >= 0.3 is 0 Å². The minimum absolute atomic E-state index is 0.0556. The Balaban J connectivity index is 1.95. The maximum atomic E-state index is 14.9. The van der Waals surface area contributed by atoms with Crippen LogP contribution in [0.1, 0.15) is 18.9 Å². The summed E-state index contributed by atoms with van der Waals surface area (Å²) in [6, 6.07) is 9.24. The van der Waals surface area contributed by atoms with Crippen LogP contribution in [-0.2, 0) is 11.3 Å². The first kappa shape index (κ1) is 21.1. The Kier molecular flexibility index (Phi) is 6.98. The molecule has 1 aliphatic rings. The summed E-state index contributed by atoms with van der Waals surface area (Å²) in [5.41, 5.74) is 2.20. The van der Waals surface area contributed by atoms with Gasteiger partial charge in [-0.05, 0) is 80.9 Å². The van der Waals surface area contributed by atoms with Gasteiger partial charge in [-0.15, -0.1) is 0 Å². The van der Waals surface area contributed by atoms with Crippen LogP contribution < -0.4 is 9.64 Å². The largest absolute Gasteiger partial charge is 0.501 e. The van der Waals surface area contributed by atoms with Gasteiger partial charge in [0.1, 0.15) is 10.4 Å². The number of hydrogen-bond donors (Lipinski definition) is 0. The molecule has 7 heteroatoms. The van der Waals surface area contributed by atoms with Crippen molar-refractivity contribution >= 4 is 44.3 Å². The van der Waals surface area contributed by atoms with E-state index in [1.165, 1.54) is 6.07 Å². The van der Waals surface area contributed by atoms with Gasteiger partial charge in [0.05, 0.1) is 26.0 Å². The molecule has 28 heavy (non-hydrogen) atoms. The standard InChI is InChI=1S/C21H21BrFIN2O2/c1-13(15-6-9-17(10-15)28-3)26(12-14-4-7-16(27-2)8-5-14)21-18(23)11-19(24)20(22)25-21/h4-9,11,13H,10,12H2,1-3H3/t13-/m1/s1. The van der Waals surface area contributed by atoms with E-state index < -0.39 is 0 Å². The summed E-state index contributed by atoms with van der Waals surface area (Å²) in [7, 11) is 3.30. The van der Waals surface area contributed by atoms with Crippen LogP contribution in [0.25, 0.3) is 0 Å². The average Bonchev–Trinajstić information content (AvgIpc) is 3.18. The third-order valence-corrected chi connectivity index (χ3v) is 6.95.